The van der Waals surface area contributed by atoms with Gasteiger partial charge in [0, 0.05) is 29.8 Å². The maximum Gasteiger partial charge on any atom is 0.471 e. The van der Waals surface area contributed by atoms with Gasteiger partial charge in [0.2, 0.25) is 5.78 Å². The molecule has 0 aromatic heterocycles. The predicted octanol–water partition coefficient (Wildman–Crippen LogP) is 3.37. The zero-order valence-electron chi connectivity index (χ0n) is 20.1. The smallest absolute Gasteiger partial charge is 0.471 e. The van der Waals surface area contributed by atoms with E-state index in [0.717, 1.165) is 5.56 Å². The van der Waals surface area contributed by atoms with Gasteiger partial charge < -0.3 is 20.7 Å². The Morgan fingerprint density at radius 2 is 1.58 bits per heavy atom. The van der Waals surface area contributed by atoms with Gasteiger partial charge in [-0.2, -0.15) is 13.2 Å². The maximum atomic E-state index is 13.2. The van der Waals surface area contributed by atoms with Gasteiger partial charge in [-0.25, -0.2) is 0 Å². The number of rotatable bonds is 11. The van der Waals surface area contributed by atoms with Crippen LogP contribution in [0, 0.1) is 5.41 Å². The lowest BCUT2D eigenvalue weighted by molar-refractivity contribution is -0.170. The van der Waals surface area contributed by atoms with Crippen LogP contribution in [0.2, 0.25) is 0 Å². The van der Waals surface area contributed by atoms with E-state index in [9.17, 15) is 27.6 Å². The number of nitrogens with one attached hydrogen (secondary N) is 2. The largest absolute Gasteiger partial charge is 0.491 e. The van der Waals surface area contributed by atoms with Crippen molar-refractivity contribution in [2.45, 2.75) is 19.1 Å². The first kappa shape index (κ1) is 27.9. The van der Waals surface area contributed by atoms with Gasteiger partial charge >= 0.3 is 12.1 Å². The van der Waals surface area contributed by atoms with E-state index in [4.69, 9.17) is 15.9 Å². The molecule has 0 atom stereocenters. The Balaban J connectivity index is 1.73. The van der Waals surface area contributed by atoms with Crippen molar-refractivity contribution in [3.63, 3.8) is 0 Å². The third kappa shape index (κ3) is 7.66. The summed E-state index contributed by atoms with van der Waals surface area (Å²) < 4.78 is 45.2. The molecule has 38 heavy (non-hydrogen) atoms. The molecule has 0 aliphatic rings. The molecule has 0 saturated heterocycles. The van der Waals surface area contributed by atoms with Crippen LogP contribution in [0.5, 0.6) is 5.75 Å². The van der Waals surface area contributed by atoms with Crippen LogP contribution in [0.4, 0.5) is 18.9 Å². The maximum absolute atomic E-state index is 13.2. The van der Waals surface area contributed by atoms with Crippen LogP contribution in [0.1, 0.15) is 16.7 Å². The standard InChI is InChI=1S/C27H25F3N4O4/c28-27(29,30)26(37)34(21-9-5-2-6-10-21)13-14-38-23-16-20(24(31)32)12-11-19(23)15-22(35)25(36)33-17-18-7-3-1-4-8-18/h1-12,16H,13-15,17H2,(H3,31,32)(H,33,36). The molecule has 0 bridgehead atoms. The molecule has 0 radical (unpaired) electrons. The second kappa shape index (κ2) is 12.5. The van der Waals surface area contributed by atoms with Gasteiger partial charge in [0.1, 0.15) is 18.2 Å². The van der Waals surface area contributed by atoms with Gasteiger partial charge in [0.15, 0.2) is 0 Å². The summed E-state index contributed by atoms with van der Waals surface area (Å²) in [6.07, 6.45) is -5.47. The van der Waals surface area contributed by atoms with Gasteiger partial charge in [-0.15, -0.1) is 0 Å². The fourth-order valence-electron chi connectivity index (χ4n) is 3.49. The second-order valence-corrected chi connectivity index (χ2v) is 8.14. The number of halogens is 3. The Labute approximate surface area is 216 Å². The van der Waals surface area contributed by atoms with Crippen LogP contribution in [0.3, 0.4) is 0 Å². The van der Waals surface area contributed by atoms with E-state index < -0.39 is 30.3 Å². The lowest BCUT2D eigenvalue weighted by Crippen LogP contribution is -2.43. The number of anilines is 1. The number of benzene rings is 3. The Bertz CT molecular complexity index is 1300. The van der Waals surface area contributed by atoms with Crippen molar-refractivity contribution in [3.05, 3.63) is 95.6 Å². The van der Waals surface area contributed by atoms with E-state index in [1.807, 2.05) is 6.07 Å². The number of hydrogen-bond acceptors (Lipinski definition) is 5. The molecule has 4 N–H and O–H groups in total. The molecule has 0 heterocycles. The Hall–Kier alpha value is -4.67. The average molecular weight is 527 g/mol. The molecule has 0 unspecified atom stereocenters. The quantitative estimate of drug-likeness (QED) is 0.201. The summed E-state index contributed by atoms with van der Waals surface area (Å²) >= 11 is 0. The average Bonchev–Trinajstić information content (AvgIpc) is 2.90. The van der Waals surface area contributed by atoms with Crippen molar-refractivity contribution in [1.82, 2.24) is 5.32 Å². The normalized spacial score (nSPS) is 10.9. The van der Waals surface area contributed by atoms with E-state index in [0.29, 0.717) is 4.90 Å². The molecule has 11 heteroatoms. The van der Waals surface area contributed by atoms with Gasteiger partial charge in [-0.05, 0) is 23.8 Å². The van der Waals surface area contributed by atoms with E-state index in [2.05, 4.69) is 5.32 Å². The van der Waals surface area contributed by atoms with Crippen LogP contribution >= 0.6 is 0 Å². The van der Waals surface area contributed by atoms with Crippen LogP contribution in [0.25, 0.3) is 0 Å². The van der Waals surface area contributed by atoms with Gasteiger partial charge in [-0.3, -0.25) is 19.8 Å². The lowest BCUT2D eigenvalue weighted by atomic mass is 10.0. The highest BCUT2D eigenvalue weighted by Crippen LogP contribution is 2.25. The van der Waals surface area contributed by atoms with Gasteiger partial charge in [-0.1, -0.05) is 60.7 Å². The van der Waals surface area contributed by atoms with E-state index in [-0.39, 0.29) is 48.0 Å². The Morgan fingerprint density at radius 3 is 2.18 bits per heavy atom. The minimum atomic E-state index is -5.10. The molecule has 198 valence electrons. The molecule has 0 spiro atoms. The van der Waals surface area contributed by atoms with E-state index >= 15 is 0 Å². The van der Waals surface area contributed by atoms with Crippen molar-refractivity contribution in [2.75, 3.05) is 18.1 Å². The van der Waals surface area contributed by atoms with Crippen molar-refractivity contribution in [3.8, 4) is 5.75 Å². The van der Waals surface area contributed by atoms with Crippen LogP contribution in [-0.4, -0.2) is 42.8 Å². The number of ether oxygens (including phenoxy) is 1. The highest BCUT2D eigenvalue weighted by Gasteiger charge is 2.43. The molecule has 0 saturated carbocycles. The number of nitrogen functional groups attached to an aromatic ring is 1. The van der Waals surface area contributed by atoms with Crippen LogP contribution < -0.4 is 20.7 Å². The topological polar surface area (TPSA) is 126 Å². The number of carbonyl (C=O) groups is 3. The molecular formula is C27H25F3N4O4. The number of nitrogens with two attached hydrogens (primary N) is 1. The third-order valence-electron chi connectivity index (χ3n) is 5.41. The molecule has 8 nitrogen and oxygen atoms in total. The van der Waals surface area contributed by atoms with Crippen LogP contribution in [-0.2, 0) is 27.3 Å². The summed E-state index contributed by atoms with van der Waals surface area (Å²) in [5.41, 5.74) is 6.88. The number of Topliss-reactive ketones (excluding diaryl/α,β-unsaturated/α-hetero) is 1. The summed E-state index contributed by atoms with van der Waals surface area (Å²) in [6, 6.07) is 20.6. The number of alkyl halides is 3. The minimum Gasteiger partial charge on any atom is -0.491 e. The first-order valence-electron chi connectivity index (χ1n) is 11.4. The molecule has 0 aliphatic carbocycles. The van der Waals surface area contributed by atoms with E-state index in [1.165, 1.54) is 42.5 Å². The summed E-state index contributed by atoms with van der Waals surface area (Å²) in [7, 11) is 0. The number of amidine groups is 1. The summed E-state index contributed by atoms with van der Waals surface area (Å²) in [5, 5.41) is 10.2. The highest BCUT2D eigenvalue weighted by molar-refractivity contribution is 6.36. The third-order valence-corrected chi connectivity index (χ3v) is 5.41. The number of hydrogen-bond donors (Lipinski definition) is 3. The number of amides is 2. The molecule has 3 aromatic carbocycles. The minimum absolute atomic E-state index is 0.0291. The lowest BCUT2D eigenvalue weighted by Gasteiger charge is -2.24. The number of nitrogens with zero attached hydrogens (tertiary/aromatic N) is 1. The highest BCUT2D eigenvalue weighted by atomic mass is 19.4. The van der Waals surface area contributed by atoms with Crippen molar-refractivity contribution in [1.29, 1.82) is 5.41 Å². The Morgan fingerprint density at radius 1 is 0.947 bits per heavy atom. The predicted molar refractivity (Wildman–Crippen MR) is 135 cm³/mol. The zero-order chi connectivity index (χ0) is 27.7. The first-order chi connectivity index (χ1) is 18.1. The SMILES string of the molecule is N=C(N)c1ccc(CC(=O)C(=O)NCc2ccccc2)c(OCCN(C(=O)C(F)(F)F)c2ccccc2)c1. The molecule has 3 rings (SSSR count). The summed E-state index contributed by atoms with van der Waals surface area (Å²) in [5.74, 6) is -3.89. The fraction of sp³-hybridized carbons (Fsp3) is 0.185. The zero-order valence-corrected chi connectivity index (χ0v) is 20.1. The molecule has 2 amide bonds. The molecular weight excluding hydrogens is 501 g/mol. The first-order valence-corrected chi connectivity index (χ1v) is 11.4. The van der Waals surface area contributed by atoms with Crippen molar-refractivity contribution in [2.24, 2.45) is 5.73 Å². The van der Waals surface area contributed by atoms with Crippen LogP contribution in [0.15, 0.2) is 78.9 Å². The van der Waals surface area contributed by atoms with Crippen molar-refractivity contribution < 1.29 is 32.3 Å². The Kier molecular flexibility index (Phi) is 9.20. The number of para-hydroxylation sites is 1. The monoisotopic (exact) mass is 526 g/mol. The molecule has 0 fully saturated rings. The number of carbonyl (C=O) groups excluding carboxylic acids is 3. The summed E-state index contributed by atoms with van der Waals surface area (Å²) in [6.45, 7) is -0.683. The van der Waals surface area contributed by atoms with E-state index in [1.54, 1.807) is 30.3 Å². The second-order valence-electron chi connectivity index (χ2n) is 8.14. The summed E-state index contributed by atoms with van der Waals surface area (Å²) in [4.78, 5) is 37.4. The molecule has 0 aliphatic heterocycles. The van der Waals surface area contributed by atoms with Crippen molar-refractivity contribution >= 4 is 29.1 Å². The number of ketones is 1. The fourth-order valence-corrected chi connectivity index (χ4v) is 3.49. The van der Waals surface area contributed by atoms with Gasteiger partial charge in [0.05, 0.1) is 6.54 Å². The molecule has 3 aromatic rings. The van der Waals surface area contributed by atoms with Gasteiger partial charge in [0.25, 0.3) is 5.91 Å².